The molecule has 0 saturated heterocycles. The van der Waals surface area contributed by atoms with Gasteiger partial charge in [-0.2, -0.15) is 9.78 Å². The maximum atomic E-state index is 13.2. The summed E-state index contributed by atoms with van der Waals surface area (Å²) in [5.41, 5.74) is 0.965. The molecule has 8 nitrogen and oxygen atoms in total. The van der Waals surface area contributed by atoms with Gasteiger partial charge in [0.1, 0.15) is 5.82 Å². The van der Waals surface area contributed by atoms with Crippen molar-refractivity contribution in [2.24, 2.45) is 5.10 Å². The summed E-state index contributed by atoms with van der Waals surface area (Å²) in [5, 5.41) is 13.8. The molecule has 0 fully saturated rings. The summed E-state index contributed by atoms with van der Waals surface area (Å²) in [6.45, 7) is 3.51. The highest BCUT2D eigenvalue weighted by Gasteiger charge is 2.16. The molecule has 0 spiro atoms. The van der Waals surface area contributed by atoms with Crippen LogP contribution < -0.4 is 15.0 Å². The van der Waals surface area contributed by atoms with Crippen molar-refractivity contribution in [3.8, 4) is 11.5 Å². The lowest BCUT2D eigenvalue weighted by molar-refractivity contribution is -0.139. The molecular weight excluding hydrogens is 546 g/mol. The van der Waals surface area contributed by atoms with Crippen LogP contribution in [0.1, 0.15) is 37.6 Å². The lowest BCUT2D eigenvalue weighted by atomic mass is 10.1. The summed E-state index contributed by atoms with van der Waals surface area (Å²) in [6.07, 6.45) is 2.31. The fraction of sp³-hybridized carbons (Fsp3) is 0.273. The normalized spacial score (nSPS) is 12.3. The highest BCUT2D eigenvalue weighted by molar-refractivity contribution is 9.10. The number of hydrogen-bond donors (Lipinski definition) is 1. The van der Waals surface area contributed by atoms with Crippen LogP contribution in [-0.4, -0.2) is 40.7 Å². The number of methoxy groups -OCH3 is 1. The van der Waals surface area contributed by atoms with Gasteiger partial charge in [-0.25, -0.2) is 9.78 Å². The van der Waals surface area contributed by atoms with Gasteiger partial charge in [0, 0.05) is 10.4 Å². The largest absolute Gasteiger partial charge is 0.493 e. The first-order valence-corrected chi connectivity index (χ1v) is 11.3. The molecule has 1 aromatic heterocycles. The molecule has 168 valence electrons. The van der Waals surface area contributed by atoms with Crippen LogP contribution in [0.15, 0.2) is 49.2 Å². The molecule has 2 aromatic carbocycles. The summed E-state index contributed by atoms with van der Waals surface area (Å²) < 4.78 is 13.2. The first kappa shape index (κ1) is 23.9. The van der Waals surface area contributed by atoms with Crippen LogP contribution in [0.4, 0.5) is 0 Å². The van der Waals surface area contributed by atoms with Crippen molar-refractivity contribution in [3.05, 3.63) is 61.0 Å². The monoisotopic (exact) mass is 565 g/mol. The van der Waals surface area contributed by atoms with Gasteiger partial charge in [0.2, 0.25) is 0 Å². The fourth-order valence-electron chi connectivity index (χ4n) is 2.99. The minimum Gasteiger partial charge on any atom is -0.493 e. The van der Waals surface area contributed by atoms with Crippen LogP contribution in [0.5, 0.6) is 11.5 Å². The number of carboxylic acid groups (broad SMARTS) is 1. The number of halogens is 2. The molecule has 10 heteroatoms. The highest BCUT2D eigenvalue weighted by atomic mass is 79.9. The molecule has 1 N–H and O–H groups in total. The Labute approximate surface area is 201 Å². The van der Waals surface area contributed by atoms with Gasteiger partial charge in [-0.15, -0.1) is 0 Å². The fourth-order valence-corrected chi connectivity index (χ4v) is 3.93. The Bertz CT molecular complexity index is 1260. The smallest absolute Gasteiger partial charge is 0.341 e. The van der Waals surface area contributed by atoms with Crippen LogP contribution in [0.2, 0.25) is 0 Å². The van der Waals surface area contributed by atoms with Gasteiger partial charge >= 0.3 is 5.97 Å². The Balaban J connectivity index is 2.09. The molecular formula is C22H21Br2N3O5. The number of ether oxygens (including phenoxy) is 2. The van der Waals surface area contributed by atoms with Crippen molar-refractivity contribution in [2.45, 2.75) is 26.2 Å². The standard InChI is InChI=1S/C22H21Br2N3O5/c1-4-12(2)21-26-17-6-5-14(23)9-15(17)22(30)27(21)25-10-13-7-16(24)20(18(8-13)31-3)32-11-19(28)29/h5-10,12H,4,11H2,1-3H3,(H,28,29)/t12-/m1/s1. The van der Waals surface area contributed by atoms with Gasteiger partial charge in [0.25, 0.3) is 5.56 Å². The van der Waals surface area contributed by atoms with Gasteiger partial charge in [-0.1, -0.05) is 29.8 Å². The molecule has 32 heavy (non-hydrogen) atoms. The Morgan fingerprint density at radius 2 is 2.06 bits per heavy atom. The van der Waals surface area contributed by atoms with Crippen molar-refractivity contribution in [3.63, 3.8) is 0 Å². The Morgan fingerprint density at radius 1 is 1.31 bits per heavy atom. The molecule has 1 heterocycles. The summed E-state index contributed by atoms with van der Waals surface area (Å²) in [6, 6.07) is 8.72. The van der Waals surface area contributed by atoms with Crippen molar-refractivity contribution in [1.29, 1.82) is 0 Å². The second-order valence-corrected chi connectivity index (χ2v) is 8.79. The van der Waals surface area contributed by atoms with E-state index in [-0.39, 0.29) is 17.2 Å². The van der Waals surface area contributed by atoms with Crippen LogP contribution in [0, 0.1) is 0 Å². The van der Waals surface area contributed by atoms with E-state index >= 15 is 0 Å². The average molecular weight is 567 g/mol. The minimum atomic E-state index is -1.10. The number of nitrogens with zero attached hydrogens (tertiary/aromatic N) is 3. The summed E-state index contributed by atoms with van der Waals surface area (Å²) >= 11 is 6.77. The molecule has 0 aliphatic heterocycles. The number of aromatic nitrogens is 2. The maximum absolute atomic E-state index is 13.2. The average Bonchev–Trinajstić information content (AvgIpc) is 2.76. The lowest BCUT2D eigenvalue weighted by Gasteiger charge is -2.14. The zero-order valence-electron chi connectivity index (χ0n) is 17.6. The molecule has 1 atom stereocenters. The molecule has 3 aromatic rings. The number of carboxylic acids is 1. The molecule has 0 bridgehead atoms. The third-order valence-electron chi connectivity index (χ3n) is 4.80. The Morgan fingerprint density at radius 3 is 2.72 bits per heavy atom. The van der Waals surface area contributed by atoms with E-state index in [4.69, 9.17) is 14.6 Å². The number of benzene rings is 2. The van der Waals surface area contributed by atoms with Crippen molar-refractivity contribution >= 4 is 54.9 Å². The SMILES string of the molecule is CC[C@@H](C)c1nc2ccc(Br)cc2c(=O)n1N=Cc1cc(Br)c(OCC(=O)O)c(OC)c1. The molecule has 0 unspecified atom stereocenters. The number of fused-ring (bicyclic) bond motifs is 1. The summed E-state index contributed by atoms with van der Waals surface area (Å²) in [5.74, 6) is 0.0767. The Kier molecular flexibility index (Phi) is 7.68. The molecule has 0 amide bonds. The maximum Gasteiger partial charge on any atom is 0.341 e. The van der Waals surface area contributed by atoms with Gasteiger partial charge < -0.3 is 14.6 Å². The lowest BCUT2D eigenvalue weighted by Crippen LogP contribution is -2.23. The summed E-state index contributed by atoms with van der Waals surface area (Å²) in [4.78, 5) is 28.7. The van der Waals surface area contributed by atoms with Crippen molar-refractivity contribution in [1.82, 2.24) is 9.66 Å². The van der Waals surface area contributed by atoms with Crippen molar-refractivity contribution < 1.29 is 19.4 Å². The predicted octanol–water partition coefficient (Wildman–Crippen LogP) is 4.79. The van der Waals surface area contributed by atoms with Crippen molar-refractivity contribution in [2.75, 3.05) is 13.7 Å². The molecule has 0 aliphatic rings. The zero-order valence-corrected chi connectivity index (χ0v) is 20.8. The Hall–Kier alpha value is -2.72. The number of rotatable bonds is 8. The zero-order chi connectivity index (χ0) is 23.4. The van der Waals surface area contributed by atoms with E-state index in [0.29, 0.717) is 32.5 Å². The molecule has 0 saturated carbocycles. The van der Waals surface area contributed by atoms with E-state index in [0.717, 1.165) is 10.9 Å². The van der Waals surface area contributed by atoms with Gasteiger partial charge in [-0.3, -0.25) is 4.79 Å². The molecule has 0 radical (unpaired) electrons. The second kappa shape index (κ2) is 10.3. The number of hydrogen-bond acceptors (Lipinski definition) is 6. The predicted molar refractivity (Wildman–Crippen MR) is 129 cm³/mol. The van der Waals surface area contributed by atoms with E-state index in [9.17, 15) is 9.59 Å². The van der Waals surface area contributed by atoms with Gasteiger partial charge in [0.15, 0.2) is 18.1 Å². The van der Waals surface area contributed by atoms with Crippen LogP contribution in [0.3, 0.4) is 0 Å². The highest BCUT2D eigenvalue weighted by Crippen LogP contribution is 2.36. The first-order valence-electron chi connectivity index (χ1n) is 9.73. The quantitative estimate of drug-likeness (QED) is 0.393. The topological polar surface area (TPSA) is 103 Å². The summed E-state index contributed by atoms with van der Waals surface area (Å²) in [7, 11) is 1.45. The third kappa shape index (κ3) is 5.18. The third-order valence-corrected chi connectivity index (χ3v) is 5.88. The molecule has 3 rings (SSSR count). The van der Waals surface area contributed by atoms with E-state index in [1.165, 1.54) is 18.0 Å². The number of carbonyl (C=O) groups is 1. The van der Waals surface area contributed by atoms with Gasteiger partial charge in [0.05, 0.1) is 28.7 Å². The van der Waals surface area contributed by atoms with Crippen LogP contribution in [0.25, 0.3) is 10.9 Å². The minimum absolute atomic E-state index is 0.0148. The molecule has 0 aliphatic carbocycles. The van der Waals surface area contributed by atoms with E-state index in [1.807, 2.05) is 19.9 Å². The van der Waals surface area contributed by atoms with E-state index in [1.54, 1.807) is 24.3 Å². The first-order chi connectivity index (χ1) is 15.2. The van der Waals surface area contributed by atoms with E-state index in [2.05, 4.69) is 41.9 Å². The van der Waals surface area contributed by atoms with Crippen LogP contribution >= 0.6 is 31.9 Å². The van der Waals surface area contributed by atoms with Gasteiger partial charge in [-0.05, 0) is 58.2 Å². The van der Waals surface area contributed by atoms with E-state index < -0.39 is 12.6 Å². The number of aliphatic carboxylic acids is 1. The second-order valence-electron chi connectivity index (χ2n) is 7.02. The van der Waals surface area contributed by atoms with Crippen LogP contribution in [-0.2, 0) is 4.79 Å².